The van der Waals surface area contributed by atoms with E-state index < -0.39 is 0 Å². The predicted molar refractivity (Wildman–Crippen MR) is 100 cm³/mol. The molecule has 2 nitrogen and oxygen atoms in total. The Kier molecular flexibility index (Phi) is 7.90. The molecule has 2 rings (SSSR count). The Morgan fingerprint density at radius 3 is 2.33 bits per heavy atom. The van der Waals surface area contributed by atoms with E-state index in [0.717, 1.165) is 23.4 Å². The van der Waals surface area contributed by atoms with Gasteiger partial charge in [-0.05, 0) is 55.5 Å². The summed E-state index contributed by atoms with van der Waals surface area (Å²) in [4.78, 5) is 4.30. The third kappa shape index (κ3) is 6.46. The molecule has 126 valence electrons. The van der Waals surface area contributed by atoms with Crippen LogP contribution in [-0.2, 0) is 6.42 Å². The van der Waals surface area contributed by atoms with Gasteiger partial charge in [0.15, 0.2) is 0 Å². The Bertz CT molecular complexity index is 647. The first kappa shape index (κ1) is 18.1. The number of nitrogens with zero attached hydrogens (tertiary/aromatic N) is 1. The molecule has 0 atom stereocenters. The SMILES string of the molecule is CCCCCCCc1ccc(C#Cc2ccc(OCC)cn2)cc1. The number of aryl methyl sites for hydroxylation is 1. The standard InChI is InChI=1S/C22H27NO/c1-3-5-6-7-8-9-19-10-12-20(13-11-19)14-15-21-16-17-22(18-23-21)24-4-2/h10-13,16-18H,3-9H2,1-2H3. The van der Waals surface area contributed by atoms with Crippen LogP contribution >= 0.6 is 0 Å². The van der Waals surface area contributed by atoms with Crippen molar-refractivity contribution < 1.29 is 4.74 Å². The van der Waals surface area contributed by atoms with Crippen molar-refractivity contribution >= 4 is 0 Å². The van der Waals surface area contributed by atoms with Crippen molar-refractivity contribution in [3.63, 3.8) is 0 Å². The highest BCUT2D eigenvalue weighted by Gasteiger charge is 1.95. The van der Waals surface area contributed by atoms with Crippen molar-refractivity contribution in [2.45, 2.75) is 52.4 Å². The minimum absolute atomic E-state index is 0.650. The molecule has 0 aliphatic rings. The molecule has 0 saturated carbocycles. The second-order valence-corrected chi connectivity index (χ2v) is 5.92. The summed E-state index contributed by atoms with van der Waals surface area (Å²) in [6.45, 7) is 4.86. The minimum Gasteiger partial charge on any atom is -0.492 e. The van der Waals surface area contributed by atoms with Gasteiger partial charge in [0.25, 0.3) is 0 Å². The molecular formula is C22H27NO. The smallest absolute Gasteiger partial charge is 0.137 e. The summed E-state index contributed by atoms with van der Waals surface area (Å²) < 4.78 is 5.38. The molecule has 1 aromatic carbocycles. The fourth-order valence-electron chi connectivity index (χ4n) is 2.53. The highest BCUT2D eigenvalue weighted by Crippen LogP contribution is 2.11. The molecule has 0 bridgehead atoms. The van der Waals surface area contributed by atoms with Crippen LogP contribution in [0.2, 0.25) is 0 Å². The van der Waals surface area contributed by atoms with Gasteiger partial charge in [-0.25, -0.2) is 4.98 Å². The number of unbranched alkanes of at least 4 members (excludes halogenated alkanes) is 4. The Morgan fingerprint density at radius 2 is 1.67 bits per heavy atom. The van der Waals surface area contributed by atoms with E-state index >= 15 is 0 Å². The lowest BCUT2D eigenvalue weighted by Gasteiger charge is -2.02. The summed E-state index contributed by atoms with van der Waals surface area (Å²) in [5, 5.41) is 0. The second kappa shape index (κ2) is 10.5. The summed E-state index contributed by atoms with van der Waals surface area (Å²) in [7, 11) is 0. The molecule has 2 aromatic rings. The molecule has 1 heterocycles. The normalized spacial score (nSPS) is 10.1. The number of benzene rings is 1. The van der Waals surface area contributed by atoms with Crippen LogP contribution in [0, 0.1) is 11.8 Å². The quantitative estimate of drug-likeness (QED) is 0.480. The molecule has 0 unspecified atom stereocenters. The van der Waals surface area contributed by atoms with Crippen molar-refractivity contribution in [3.05, 3.63) is 59.4 Å². The maximum absolute atomic E-state index is 5.38. The molecule has 1 aromatic heterocycles. The molecule has 0 amide bonds. The monoisotopic (exact) mass is 321 g/mol. The van der Waals surface area contributed by atoms with Crippen LogP contribution in [0.3, 0.4) is 0 Å². The summed E-state index contributed by atoms with van der Waals surface area (Å²) in [5.41, 5.74) is 3.19. The van der Waals surface area contributed by atoms with Gasteiger partial charge in [-0.1, -0.05) is 50.7 Å². The highest BCUT2D eigenvalue weighted by molar-refractivity contribution is 5.41. The van der Waals surface area contributed by atoms with Gasteiger partial charge >= 0.3 is 0 Å². The molecule has 0 saturated heterocycles. The fraction of sp³-hybridized carbons (Fsp3) is 0.409. The summed E-state index contributed by atoms with van der Waals surface area (Å²) >= 11 is 0. The van der Waals surface area contributed by atoms with Crippen molar-refractivity contribution in [2.75, 3.05) is 6.61 Å². The van der Waals surface area contributed by atoms with Gasteiger partial charge in [-0.2, -0.15) is 0 Å². The lowest BCUT2D eigenvalue weighted by molar-refractivity contribution is 0.339. The fourth-order valence-corrected chi connectivity index (χ4v) is 2.53. The van der Waals surface area contributed by atoms with E-state index in [1.165, 1.54) is 37.7 Å². The van der Waals surface area contributed by atoms with Crippen LogP contribution in [-0.4, -0.2) is 11.6 Å². The second-order valence-electron chi connectivity index (χ2n) is 5.92. The van der Waals surface area contributed by atoms with E-state index in [1.54, 1.807) is 6.20 Å². The van der Waals surface area contributed by atoms with Gasteiger partial charge in [0.05, 0.1) is 12.8 Å². The third-order valence-corrected chi connectivity index (χ3v) is 3.91. The van der Waals surface area contributed by atoms with Gasteiger partial charge < -0.3 is 4.74 Å². The number of hydrogen-bond donors (Lipinski definition) is 0. The van der Waals surface area contributed by atoms with Gasteiger partial charge in [0.2, 0.25) is 0 Å². The zero-order chi connectivity index (χ0) is 17.0. The largest absolute Gasteiger partial charge is 0.492 e. The van der Waals surface area contributed by atoms with Crippen LogP contribution in [0.25, 0.3) is 0 Å². The maximum atomic E-state index is 5.38. The van der Waals surface area contributed by atoms with Crippen LogP contribution in [0.5, 0.6) is 5.75 Å². The average molecular weight is 321 g/mol. The summed E-state index contributed by atoms with van der Waals surface area (Å²) in [5.74, 6) is 7.05. The first-order valence-corrected chi connectivity index (χ1v) is 9.01. The van der Waals surface area contributed by atoms with Gasteiger partial charge in [-0.3, -0.25) is 0 Å². The number of rotatable bonds is 8. The number of hydrogen-bond acceptors (Lipinski definition) is 2. The Labute approximate surface area is 146 Å². The topological polar surface area (TPSA) is 22.1 Å². The third-order valence-electron chi connectivity index (χ3n) is 3.91. The van der Waals surface area contributed by atoms with E-state index in [9.17, 15) is 0 Å². The van der Waals surface area contributed by atoms with E-state index in [2.05, 4.69) is 48.0 Å². The van der Waals surface area contributed by atoms with Gasteiger partial charge in [0, 0.05) is 5.56 Å². The van der Waals surface area contributed by atoms with Gasteiger partial charge in [-0.15, -0.1) is 0 Å². The Balaban J connectivity index is 1.85. The molecule has 0 aliphatic heterocycles. The predicted octanol–water partition coefficient (Wildman–Crippen LogP) is 5.39. The van der Waals surface area contributed by atoms with Crippen molar-refractivity contribution in [1.29, 1.82) is 0 Å². The summed E-state index contributed by atoms with van der Waals surface area (Å²) in [6, 6.07) is 12.4. The van der Waals surface area contributed by atoms with E-state index in [-0.39, 0.29) is 0 Å². The van der Waals surface area contributed by atoms with Crippen molar-refractivity contribution in [3.8, 4) is 17.6 Å². The Hall–Kier alpha value is -2.27. The lowest BCUT2D eigenvalue weighted by Crippen LogP contribution is -1.92. The van der Waals surface area contributed by atoms with Crippen molar-refractivity contribution in [2.24, 2.45) is 0 Å². The number of aromatic nitrogens is 1. The zero-order valence-electron chi connectivity index (χ0n) is 14.8. The zero-order valence-corrected chi connectivity index (χ0v) is 14.8. The molecule has 24 heavy (non-hydrogen) atoms. The molecule has 0 radical (unpaired) electrons. The highest BCUT2D eigenvalue weighted by atomic mass is 16.5. The lowest BCUT2D eigenvalue weighted by atomic mass is 10.0. The molecular weight excluding hydrogens is 294 g/mol. The number of pyridine rings is 1. The summed E-state index contributed by atoms with van der Waals surface area (Å²) in [6.07, 6.45) is 9.51. The van der Waals surface area contributed by atoms with Crippen LogP contribution in [0.15, 0.2) is 42.6 Å². The number of ether oxygens (including phenoxy) is 1. The van der Waals surface area contributed by atoms with Crippen molar-refractivity contribution in [1.82, 2.24) is 4.98 Å². The maximum Gasteiger partial charge on any atom is 0.137 e. The van der Waals surface area contributed by atoms with E-state index in [4.69, 9.17) is 4.74 Å². The van der Waals surface area contributed by atoms with Crippen LogP contribution in [0.4, 0.5) is 0 Å². The molecule has 0 N–H and O–H groups in total. The first-order chi connectivity index (χ1) is 11.8. The molecule has 0 spiro atoms. The van der Waals surface area contributed by atoms with Crippen LogP contribution in [0.1, 0.15) is 62.8 Å². The van der Waals surface area contributed by atoms with E-state index in [0.29, 0.717) is 6.61 Å². The minimum atomic E-state index is 0.650. The van der Waals surface area contributed by atoms with Crippen LogP contribution < -0.4 is 4.74 Å². The first-order valence-electron chi connectivity index (χ1n) is 9.01. The molecule has 0 aliphatic carbocycles. The Morgan fingerprint density at radius 1 is 0.875 bits per heavy atom. The van der Waals surface area contributed by atoms with E-state index in [1.807, 2.05) is 19.1 Å². The molecule has 0 fully saturated rings. The van der Waals surface area contributed by atoms with Gasteiger partial charge in [0.1, 0.15) is 11.4 Å². The molecule has 2 heteroatoms. The average Bonchev–Trinajstić information content (AvgIpc) is 2.62.